The molecule has 1 saturated heterocycles. The summed E-state index contributed by atoms with van der Waals surface area (Å²) in [6, 6.07) is 7.69. The summed E-state index contributed by atoms with van der Waals surface area (Å²) in [7, 11) is -1.24. The van der Waals surface area contributed by atoms with E-state index in [1.165, 1.54) is 5.56 Å². The molecular weight excluding hydrogens is 368 g/mol. The van der Waals surface area contributed by atoms with Crippen molar-refractivity contribution in [2.45, 2.75) is 32.4 Å². The molecule has 3 rings (SSSR count). The van der Waals surface area contributed by atoms with Crippen molar-refractivity contribution in [3.63, 3.8) is 0 Å². The van der Waals surface area contributed by atoms with Crippen LogP contribution in [0.2, 0.25) is 0 Å². The lowest BCUT2D eigenvalue weighted by Gasteiger charge is -2.16. The molecule has 0 radical (unpaired) electrons. The highest BCUT2D eigenvalue weighted by atomic mass is 32.2. The maximum absolute atomic E-state index is 12.1. The first kappa shape index (κ1) is 19.5. The second-order valence-corrected chi connectivity index (χ2v) is 9.13. The van der Waals surface area contributed by atoms with Gasteiger partial charge in [-0.1, -0.05) is 36.3 Å². The summed E-state index contributed by atoms with van der Waals surface area (Å²) in [5.74, 6) is 0.879. The summed E-state index contributed by atoms with van der Waals surface area (Å²) >= 11 is 0. The molecule has 27 heavy (non-hydrogen) atoms. The van der Waals surface area contributed by atoms with Crippen LogP contribution in [0.25, 0.3) is 11.4 Å². The van der Waals surface area contributed by atoms with E-state index in [2.05, 4.69) is 22.4 Å². The molecule has 146 valence electrons. The van der Waals surface area contributed by atoms with E-state index in [0.717, 1.165) is 12.0 Å². The molecule has 1 aliphatic rings. The van der Waals surface area contributed by atoms with Crippen LogP contribution in [0.4, 0.5) is 0 Å². The predicted molar refractivity (Wildman–Crippen MR) is 101 cm³/mol. The van der Waals surface area contributed by atoms with Gasteiger partial charge in [0.25, 0.3) is 0 Å². The zero-order valence-corrected chi connectivity index (χ0v) is 16.3. The minimum atomic E-state index is -3.01. The number of hydrogen-bond donors (Lipinski definition) is 1. The van der Waals surface area contributed by atoms with Crippen molar-refractivity contribution in [2.75, 3.05) is 25.1 Å². The van der Waals surface area contributed by atoms with Gasteiger partial charge in [-0.3, -0.25) is 9.69 Å². The van der Waals surface area contributed by atoms with Gasteiger partial charge in [0.15, 0.2) is 9.84 Å². The molecule has 0 spiro atoms. The fourth-order valence-electron chi connectivity index (χ4n) is 3.04. The van der Waals surface area contributed by atoms with Crippen LogP contribution in [-0.4, -0.2) is 60.5 Å². The molecule has 1 aromatic heterocycles. The number of amides is 1. The van der Waals surface area contributed by atoms with Crippen LogP contribution in [0.5, 0.6) is 0 Å². The van der Waals surface area contributed by atoms with Gasteiger partial charge in [-0.25, -0.2) is 8.42 Å². The summed E-state index contributed by atoms with van der Waals surface area (Å²) in [5.41, 5.74) is 2.12. The fraction of sp³-hybridized carbons (Fsp3) is 0.500. The maximum atomic E-state index is 12.1. The lowest BCUT2D eigenvalue weighted by Crippen LogP contribution is -2.41. The number of aryl methyl sites for hydroxylation is 1. The average Bonchev–Trinajstić information content (AvgIpc) is 3.21. The van der Waals surface area contributed by atoms with Gasteiger partial charge in [-0.2, -0.15) is 4.98 Å². The number of hydrogen-bond acceptors (Lipinski definition) is 7. The maximum Gasteiger partial charge on any atom is 0.241 e. The van der Waals surface area contributed by atoms with Crippen molar-refractivity contribution < 1.29 is 17.7 Å². The first-order chi connectivity index (χ1) is 12.8. The third-order valence-corrected chi connectivity index (χ3v) is 6.27. The smallest absolute Gasteiger partial charge is 0.241 e. The first-order valence-corrected chi connectivity index (χ1v) is 10.8. The molecule has 0 aliphatic carbocycles. The second kappa shape index (κ2) is 8.18. The quantitative estimate of drug-likeness (QED) is 0.750. The van der Waals surface area contributed by atoms with Crippen LogP contribution < -0.4 is 5.32 Å². The fourth-order valence-corrected chi connectivity index (χ4v) is 4.71. The second-order valence-electron chi connectivity index (χ2n) is 6.90. The Morgan fingerprint density at radius 1 is 1.33 bits per heavy atom. The Kier molecular flexibility index (Phi) is 5.91. The van der Waals surface area contributed by atoms with E-state index in [-0.39, 0.29) is 30.0 Å². The van der Waals surface area contributed by atoms with Crippen LogP contribution in [-0.2, 0) is 27.6 Å². The lowest BCUT2D eigenvalue weighted by molar-refractivity contribution is -0.122. The topological polar surface area (TPSA) is 105 Å². The summed E-state index contributed by atoms with van der Waals surface area (Å²) in [6.07, 6.45) is 1.44. The van der Waals surface area contributed by atoms with Crippen molar-refractivity contribution in [1.82, 2.24) is 20.4 Å². The van der Waals surface area contributed by atoms with Gasteiger partial charge in [0, 0.05) is 11.6 Å². The van der Waals surface area contributed by atoms with Gasteiger partial charge in [0.2, 0.25) is 17.6 Å². The molecule has 0 bridgehead atoms. The van der Waals surface area contributed by atoms with Gasteiger partial charge >= 0.3 is 0 Å². The van der Waals surface area contributed by atoms with Crippen LogP contribution >= 0.6 is 0 Å². The average molecular weight is 392 g/mol. The Labute approximate surface area is 158 Å². The molecule has 1 unspecified atom stereocenters. The molecule has 8 nitrogen and oxygen atoms in total. The molecule has 1 amide bonds. The number of nitrogens with one attached hydrogen (secondary N) is 1. The number of benzene rings is 1. The highest BCUT2D eigenvalue weighted by molar-refractivity contribution is 7.91. The van der Waals surface area contributed by atoms with Gasteiger partial charge in [0.1, 0.15) is 0 Å². The highest BCUT2D eigenvalue weighted by Gasteiger charge is 2.29. The zero-order valence-electron chi connectivity index (χ0n) is 15.5. The number of aromatic nitrogens is 2. The van der Waals surface area contributed by atoms with E-state index >= 15 is 0 Å². The van der Waals surface area contributed by atoms with Crippen LogP contribution in [0.15, 0.2) is 28.8 Å². The number of nitrogens with zero attached hydrogens (tertiary/aromatic N) is 3. The number of rotatable bonds is 7. The van der Waals surface area contributed by atoms with E-state index in [1.54, 1.807) is 11.9 Å². The number of carbonyl (C=O) groups excluding carboxylic acids is 1. The summed E-state index contributed by atoms with van der Waals surface area (Å²) in [5, 5.41) is 6.76. The van der Waals surface area contributed by atoms with Crippen LogP contribution in [0, 0.1) is 0 Å². The van der Waals surface area contributed by atoms with E-state index in [9.17, 15) is 13.2 Å². The van der Waals surface area contributed by atoms with E-state index in [4.69, 9.17) is 4.52 Å². The molecule has 1 N–H and O–H groups in total. The number of sulfone groups is 1. The SMILES string of the molecule is CCc1ccc(-c2noc(CN(C)CC(=O)NC3CCS(=O)(=O)C3)n2)cc1. The summed E-state index contributed by atoms with van der Waals surface area (Å²) in [6.45, 7) is 2.55. The molecule has 9 heteroatoms. The van der Waals surface area contributed by atoms with Gasteiger partial charge < -0.3 is 9.84 Å². The molecule has 0 saturated carbocycles. The number of carbonyl (C=O) groups is 1. The highest BCUT2D eigenvalue weighted by Crippen LogP contribution is 2.17. The summed E-state index contributed by atoms with van der Waals surface area (Å²) in [4.78, 5) is 18.2. The molecular formula is C18H24N4O4S. The minimum Gasteiger partial charge on any atom is -0.351 e. The van der Waals surface area contributed by atoms with Gasteiger partial charge in [0.05, 0.1) is 24.6 Å². The normalized spacial score (nSPS) is 18.7. The minimum absolute atomic E-state index is 0.0201. The Morgan fingerprint density at radius 3 is 2.70 bits per heavy atom. The molecule has 1 atom stereocenters. The Hall–Kier alpha value is -2.26. The lowest BCUT2D eigenvalue weighted by atomic mass is 10.1. The number of likely N-dealkylation sites (N-methyl/N-ethyl adjacent to an activating group) is 1. The standard InChI is InChI=1S/C18H24N4O4S/c1-3-13-4-6-14(7-5-13)18-20-17(26-21-18)11-22(2)10-16(23)19-15-8-9-27(24,25)12-15/h4-7,15H,3,8-12H2,1-2H3,(H,19,23). The molecule has 2 heterocycles. The van der Waals surface area contributed by atoms with Crippen LogP contribution in [0.1, 0.15) is 24.8 Å². The Balaban J connectivity index is 1.51. The Morgan fingerprint density at radius 2 is 2.07 bits per heavy atom. The van der Waals surface area contributed by atoms with Crippen molar-refractivity contribution in [1.29, 1.82) is 0 Å². The van der Waals surface area contributed by atoms with E-state index in [1.807, 2.05) is 24.3 Å². The van der Waals surface area contributed by atoms with E-state index < -0.39 is 9.84 Å². The Bertz CT molecular complexity index is 892. The van der Waals surface area contributed by atoms with E-state index in [0.29, 0.717) is 24.7 Å². The van der Waals surface area contributed by atoms with Gasteiger partial charge in [-0.05, 0) is 25.5 Å². The zero-order chi connectivity index (χ0) is 19.4. The first-order valence-electron chi connectivity index (χ1n) is 8.95. The third kappa shape index (κ3) is 5.36. The van der Waals surface area contributed by atoms with Crippen molar-refractivity contribution >= 4 is 15.7 Å². The third-order valence-electron chi connectivity index (χ3n) is 4.50. The van der Waals surface area contributed by atoms with Gasteiger partial charge in [-0.15, -0.1) is 0 Å². The molecule has 1 fully saturated rings. The molecule has 2 aromatic rings. The summed E-state index contributed by atoms with van der Waals surface area (Å²) < 4.78 is 28.2. The van der Waals surface area contributed by atoms with Crippen molar-refractivity contribution in [2.24, 2.45) is 0 Å². The monoisotopic (exact) mass is 392 g/mol. The van der Waals surface area contributed by atoms with Crippen LogP contribution in [0.3, 0.4) is 0 Å². The molecule has 1 aromatic carbocycles. The largest absolute Gasteiger partial charge is 0.351 e. The van der Waals surface area contributed by atoms with Crippen molar-refractivity contribution in [3.05, 3.63) is 35.7 Å². The predicted octanol–water partition coefficient (Wildman–Crippen LogP) is 1.03. The molecule has 1 aliphatic heterocycles. The van der Waals surface area contributed by atoms with Crippen molar-refractivity contribution in [3.8, 4) is 11.4 Å².